The molecule has 0 atom stereocenters. The van der Waals surface area contributed by atoms with Crippen LogP contribution in [0.15, 0.2) is 88.8 Å². The largest absolute Gasteiger partial charge is 0.392 e. The lowest BCUT2D eigenvalue weighted by molar-refractivity contribution is 0.279. The molecular weight excluding hydrogens is 470 g/mol. The molecule has 0 fully saturated rings. The second-order valence-electron chi connectivity index (χ2n) is 7.76. The zero-order chi connectivity index (χ0) is 24.7. The van der Waals surface area contributed by atoms with Crippen LogP contribution >= 0.6 is 11.8 Å². The molecule has 178 valence electrons. The van der Waals surface area contributed by atoms with Crippen molar-refractivity contribution in [2.75, 3.05) is 16.1 Å². The minimum Gasteiger partial charge on any atom is -0.392 e. The van der Waals surface area contributed by atoms with E-state index in [2.05, 4.69) is 45.3 Å². The Balaban J connectivity index is 1.42. The number of hydrazine groups is 1. The molecule has 2 heterocycles. The fraction of sp³-hybridized carbons (Fsp3) is 0.0741. The van der Waals surface area contributed by atoms with Gasteiger partial charge in [0.05, 0.1) is 18.3 Å². The molecule has 8 nitrogen and oxygen atoms in total. The number of nitrogens with zero attached hydrogens (tertiary/aromatic N) is 3. The third-order valence-electron chi connectivity index (χ3n) is 5.45. The quantitative estimate of drug-likeness (QED) is 0.144. The highest BCUT2D eigenvalue weighted by Gasteiger charge is 2.12. The van der Waals surface area contributed by atoms with Crippen molar-refractivity contribution in [3.05, 3.63) is 102 Å². The van der Waals surface area contributed by atoms with E-state index in [1.165, 1.54) is 6.20 Å². The number of rotatable bonds is 9. The van der Waals surface area contributed by atoms with Gasteiger partial charge in [0.25, 0.3) is 0 Å². The Morgan fingerprint density at radius 3 is 2.39 bits per heavy atom. The van der Waals surface area contributed by atoms with Crippen molar-refractivity contribution in [3.63, 3.8) is 0 Å². The Hall–Kier alpha value is -4.36. The van der Waals surface area contributed by atoms with Gasteiger partial charge in [0.2, 0.25) is 5.95 Å². The number of fused-ring (bicyclic) bond motifs is 1. The first-order valence-electron chi connectivity index (χ1n) is 11.2. The summed E-state index contributed by atoms with van der Waals surface area (Å²) < 4.78 is 0. The first kappa shape index (κ1) is 23.4. The maximum absolute atomic E-state index is 9.70. The standard InChI is InChI=1S/C27H23N7OS/c28-34-26-22(12-7-15-29-26)31-25-20-10-3-4-11-21(20)32-27(33-25)30-16-18-8-1-5-13-23(18)36-24-14-6-2-9-19(24)17-35/h1-6,8-11,13-15,35H,16-17,28H2,(H,29,34)(H2,30,31,32,33). The summed E-state index contributed by atoms with van der Waals surface area (Å²) in [5, 5.41) is 17.2. The molecule has 0 saturated carbocycles. The number of aliphatic hydroxyl groups excluding tert-OH is 1. The van der Waals surface area contributed by atoms with Gasteiger partial charge in [-0.1, -0.05) is 60.3 Å². The van der Waals surface area contributed by atoms with Crippen LogP contribution in [0.4, 0.5) is 23.3 Å². The summed E-state index contributed by atoms with van der Waals surface area (Å²) in [4.78, 5) is 15.7. The third kappa shape index (κ3) is 5.16. The van der Waals surface area contributed by atoms with Crippen molar-refractivity contribution in [2.45, 2.75) is 22.9 Å². The topological polar surface area (TPSA) is 121 Å². The number of hydrogen-bond donors (Lipinski definition) is 5. The van der Waals surface area contributed by atoms with Crippen molar-refractivity contribution in [1.82, 2.24) is 15.0 Å². The number of aromatic nitrogens is 3. The molecule has 0 spiro atoms. The Morgan fingerprint density at radius 1 is 0.861 bits per heavy atom. The summed E-state index contributed by atoms with van der Waals surface area (Å²) in [5.41, 5.74) is 5.86. The van der Waals surface area contributed by atoms with E-state index in [9.17, 15) is 5.11 Å². The van der Waals surface area contributed by atoms with Crippen LogP contribution in [-0.2, 0) is 13.2 Å². The van der Waals surface area contributed by atoms with Gasteiger partial charge in [-0.05, 0) is 47.5 Å². The molecule has 5 aromatic rings. The van der Waals surface area contributed by atoms with Crippen LogP contribution in [-0.4, -0.2) is 20.1 Å². The van der Waals surface area contributed by atoms with Crippen molar-refractivity contribution < 1.29 is 5.11 Å². The fourth-order valence-electron chi connectivity index (χ4n) is 3.67. The number of nitrogen functional groups attached to an aromatic ring is 1. The van der Waals surface area contributed by atoms with E-state index in [4.69, 9.17) is 15.8 Å². The van der Waals surface area contributed by atoms with Gasteiger partial charge >= 0.3 is 0 Å². The maximum atomic E-state index is 9.70. The van der Waals surface area contributed by atoms with Crippen LogP contribution in [0.3, 0.4) is 0 Å². The average Bonchev–Trinajstić information content (AvgIpc) is 2.93. The molecule has 5 rings (SSSR count). The van der Waals surface area contributed by atoms with E-state index in [-0.39, 0.29) is 6.61 Å². The monoisotopic (exact) mass is 493 g/mol. The van der Waals surface area contributed by atoms with Crippen molar-refractivity contribution >= 4 is 45.9 Å². The maximum Gasteiger partial charge on any atom is 0.225 e. The number of benzene rings is 3. The van der Waals surface area contributed by atoms with Crippen LogP contribution in [0.1, 0.15) is 11.1 Å². The van der Waals surface area contributed by atoms with Gasteiger partial charge in [0.1, 0.15) is 11.5 Å². The van der Waals surface area contributed by atoms with Gasteiger partial charge in [-0.3, -0.25) is 0 Å². The molecule has 0 saturated heterocycles. The van der Waals surface area contributed by atoms with Crippen molar-refractivity contribution in [2.24, 2.45) is 5.84 Å². The lowest BCUT2D eigenvalue weighted by Crippen LogP contribution is -2.11. The predicted molar refractivity (Wildman–Crippen MR) is 143 cm³/mol. The van der Waals surface area contributed by atoms with Gasteiger partial charge in [-0.2, -0.15) is 4.98 Å². The first-order chi connectivity index (χ1) is 17.7. The van der Waals surface area contributed by atoms with Crippen molar-refractivity contribution in [1.29, 1.82) is 0 Å². The Labute approximate surface area is 213 Å². The first-order valence-corrected chi connectivity index (χ1v) is 12.0. The Bertz CT molecular complexity index is 1490. The number of anilines is 4. The number of nitrogens with two attached hydrogens (primary N) is 1. The second-order valence-corrected chi connectivity index (χ2v) is 8.85. The Morgan fingerprint density at radius 2 is 1.58 bits per heavy atom. The number of hydrogen-bond acceptors (Lipinski definition) is 9. The SMILES string of the molecule is NNc1ncc#cc1Nc1nc(NCc2ccccc2Sc2ccccc2CO)nc2ccccc12. The van der Waals surface area contributed by atoms with E-state index in [0.29, 0.717) is 29.8 Å². The summed E-state index contributed by atoms with van der Waals surface area (Å²) in [6, 6.07) is 29.6. The van der Waals surface area contributed by atoms with Crippen LogP contribution in [0.2, 0.25) is 0 Å². The molecule has 6 N–H and O–H groups in total. The van der Waals surface area contributed by atoms with Crippen LogP contribution in [0.25, 0.3) is 10.9 Å². The van der Waals surface area contributed by atoms with Gasteiger partial charge in [-0.15, -0.1) is 0 Å². The van der Waals surface area contributed by atoms with Crippen LogP contribution < -0.4 is 21.9 Å². The number of para-hydroxylation sites is 1. The molecule has 0 radical (unpaired) electrons. The molecule has 0 aliphatic carbocycles. The minimum absolute atomic E-state index is 0.00217. The average molecular weight is 494 g/mol. The second kappa shape index (κ2) is 10.9. The van der Waals surface area contributed by atoms with Gasteiger partial charge < -0.3 is 21.2 Å². The lowest BCUT2D eigenvalue weighted by Gasteiger charge is -2.14. The van der Waals surface area contributed by atoms with Gasteiger partial charge in [-0.25, -0.2) is 15.8 Å². The van der Waals surface area contributed by atoms with Crippen molar-refractivity contribution in [3.8, 4) is 0 Å². The molecule has 0 unspecified atom stereocenters. The molecule has 9 heteroatoms. The zero-order valence-corrected chi connectivity index (χ0v) is 20.0. The van der Waals surface area contributed by atoms with Gasteiger partial charge in [0.15, 0.2) is 5.82 Å². The number of nitrogens with one attached hydrogen (secondary N) is 3. The molecule has 36 heavy (non-hydrogen) atoms. The smallest absolute Gasteiger partial charge is 0.225 e. The normalized spacial score (nSPS) is 10.6. The molecule has 0 amide bonds. The summed E-state index contributed by atoms with van der Waals surface area (Å²) in [5.74, 6) is 7.10. The predicted octanol–water partition coefficient (Wildman–Crippen LogP) is 4.91. The molecule has 0 bridgehead atoms. The fourth-order valence-corrected chi connectivity index (χ4v) is 4.74. The summed E-state index contributed by atoms with van der Waals surface area (Å²) in [6.45, 7) is 0.516. The molecule has 2 aromatic heterocycles. The molecule has 0 aliphatic rings. The van der Waals surface area contributed by atoms with E-state index in [1.54, 1.807) is 11.8 Å². The lowest BCUT2D eigenvalue weighted by atomic mass is 10.2. The highest BCUT2D eigenvalue weighted by Crippen LogP contribution is 2.33. The van der Waals surface area contributed by atoms with E-state index < -0.39 is 0 Å². The summed E-state index contributed by atoms with van der Waals surface area (Å²) >= 11 is 1.63. The summed E-state index contributed by atoms with van der Waals surface area (Å²) in [7, 11) is 0. The van der Waals surface area contributed by atoms with E-state index in [1.807, 2.05) is 60.7 Å². The van der Waals surface area contributed by atoms with Gasteiger partial charge in [0, 0.05) is 21.7 Å². The summed E-state index contributed by atoms with van der Waals surface area (Å²) in [6.07, 6.45) is 1.49. The van der Waals surface area contributed by atoms with E-state index in [0.717, 1.165) is 31.8 Å². The molecular formula is C27H23N7OS. The highest BCUT2D eigenvalue weighted by atomic mass is 32.2. The van der Waals surface area contributed by atoms with E-state index >= 15 is 0 Å². The van der Waals surface area contributed by atoms with Crippen LogP contribution in [0, 0.1) is 12.1 Å². The minimum atomic E-state index is -0.00217. The molecule has 3 aromatic carbocycles. The Kier molecular flexibility index (Phi) is 7.10. The molecule has 0 aliphatic heterocycles. The number of aliphatic hydroxyl groups is 1. The van der Waals surface area contributed by atoms with Crippen LogP contribution in [0.5, 0.6) is 0 Å². The highest BCUT2D eigenvalue weighted by molar-refractivity contribution is 7.99. The third-order valence-corrected chi connectivity index (χ3v) is 6.68. The zero-order valence-electron chi connectivity index (χ0n) is 19.2.